The van der Waals surface area contributed by atoms with Gasteiger partial charge in [0.1, 0.15) is 5.75 Å². The SMILES string of the molecule is CCOc1ccccc1C(=O)NC1CCC12CCOCC2. The first-order chi connectivity index (χ1) is 10.2. The molecule has 4 heteroatoms. The molecule has 1 atom stereocenters. The highest BCUT2D eigenvalue weighted by Gasteiger charge is 2.48. The van der Waals surface area contributed by atoms with Gasteiger partial charge in [-0.3, -0.25) is 4.79 Å². The second kappa shape index (κ2) is 6.06. The minimum Gasteiger partial charge on any atom is -0.493 e. The summed E-state index contributed by atoms with van der Waals surface area (Å²) in [6.07, 6.45) is 4.40. The molecule has 1 saturated heterocycles. The maximum atomic E-state index is 12.5. The zero-order chi connectivity index (χ0) is 14.7. The van der Waals surface area contributed by atoms with E-state index in [4.69, 9.17) is 9.47 Å². The maximum Gasteiger partial charge on any atom is 0.255 e. The van der Waals surface area contributed by atoms with E-state index in [1.54, 1.807) is 0 Å². The molecule has 4 nitrogen and oxygen atoms in total. The Morgan fingerprint density at radius 3 is 2.76 bits per heavy atom. The molecule has 1 N–H and O–H groups in total. The number of para-hydroxylation sites is 1. The largest absolute Gasteiger partial charge is 0.493 e. The van der Waals surface area contributed by atoms with Gasteiger partial charge in [0.05, 0.1) is 12.2 Å². The summed E-state index contributed by atoms with van der Waals surface area (Å²) < 4.78 is 11.0. The lowest BCUT2D eigenvalue weighted by Crippen LogP contribution is -2.57. The van der Waals surface area contributed by atoms with Crippen LogP contribution < -0.4 is 10.1 Å². The second-order valence-corrected chi connectivity index (χ2v) is 5.97. The predicted octanol–water partition coefficient (Wildman–Crippen LogP) is 2.77. The van der Waals surface area contributed by atoms with E-state index in [2.05, 4.69) is 5.32 Å². The van der Waals surface area contributed by atoms with Gasteiger partial charge in [-0.25, -0.2) is 0 Å². The van der Waals surface area contributed by atoms with Crippen molar-refractivity contribution in [2.24, 2.45) is 5.41 Å². The summed E-state index contributed by atoms with van der Waals surface area (Å²) in [5.74, 6) is 0.646. The van der Waals surface area contributed by atoms with Crippen LogP contribution in [0.25, 0.3) is 0 Å². The van der Waals surface area contributed by atoms with Crippen molar-refractivity contribution in [1.82, 2.24) is 5.32 Å². The number of rotatable bonds is 4. The molecule has 1 aliphatic carbocycles. The molecule has 1 aromatic carbocycles. The topological polar surface area (TPSA) is 47.6 Å². The molecule has 1 aromatic rings. The third-order valence-electron chi connectivity index (χ3n) is 4.90. The highest BCUT2D eigenvalue weighted by Crippen LogP contribution is 2.48. The van der Waals surface area contributed by atoms with Crippen LogP contribution in [0.4, 0.5) is 0 Å². The summed E-state index contributed by atoms with van der Waals surface area (Å²) in [5.41, 5.74) is 0.905. The molecule has 1 heterocycles. The smallest absolute Gasteiger partial charge is 0.255 e. The van der Waals surface area contributed by atoms with Crippen LogP contribution >= 0.6 is 0 Å². The third-order valence-corrected chi connectivity index (χ3v) is 4.90. The van der Waals surface area contributed by atoms with E-state index in [-0.39, 0.29) is 17.4 Å². The van der Waals surface area contributed by atoms with Gasteiger partial charge in [0.15, 0.2) is 0 Å². The minimum atomic E-state index is -0.0189. The summed E-state index contributed by atoms with van der Waals surface area (Å²) >= 11 is 0. The molecule has 1 unspecified atom stereocenters. The third kappa shape index (κ3) is 2.77. The van der Waals surface area contributed by atoms with E-state index in [0.29, 0.717) is 17.9 Å². The lowest BCUT2D eigenvalue weighted by Gasteiger charge is -2.52. The second-order valence-electron chi connectivity index (χ2n) is 5.97. The van der Waals surface area contributed by atoms with Crippen LogP contribution in [-0.4, -0.2) is 31.8 Å². The van der Waals surface area contributed by atoms with Gasteiger partial charge in [-0.2, -0.15) is 0 Å². The first-order valence-corrected chi connectivity index (χ1v) is 7.85. The van der Waals surface area contributed by atoms with Crippen LogP contribution in [0.15, 0.2) is 24.3 Å². The Labute approximate surface area is 125 Å². The van der Waals surface area contributed by atoms with E-state index in [1.165, 1.54) is 6.42 Å². The first-order valence-electron chi connectivity index (χ1n) is 7.85. The quantitative estimate of drug-likeness (QED) is 0.927. The zero-order valence-electron chi connectivity index (χ0n) is 12.6. The molecule has 0 radical (unpaired) electrons. The number of amides is 1. The predicted molar refractivity (Wildman–Crippen MR) is 80.6 cm³/mol. The highest BCUT2D eigenvalue weighted by atomic mass is 16.5. The highest BCUT2D eigenvalue weighted by molar-refractivity contribution is 5.97. The van der Waals surface area contributed by atoms with Crippen LogP contribution in [0, 0.1) is 5.41 Å². The van der Waals surface area contributed by atoms with Crippen molar-refractivity contribution in [3.63, 3.8) is 0 Å². The van der Waals surface area contributed by atoms with E-state index in [1.807, 2.05) is 31.2 Å². The lowest BCUT2D eigenvalue weighted by molar-refractivity contribution is -0.0523. The van der Waals surface area contributed by atoms with Gasteiger partial charge in [-0.15, -0.1) is 0 Å². The van der Waals surface area contributed by atoms with Gasteiger partial charge >= 0.3 is 0 Å². The molecule has 1 saturated carbocycles. The first kappa shape index (κ1) is 14.4. The van der Waals surface area contributed by atoms with Crippen LogP contribution in [-0.2, 0) is 4.74 Å². The number of nitrogens with one attached hydrogen (secondary N) is 1. The fourth-order valence-corrected chi connectivity index (χ4v) is 3.47. The molecular weight excluding hydrogens is 266 g/mol. The van der Waals surface area contributed by atoms with E-state index in [9.17, 15) is 4.79 Å². The number of carbonyl (C=O) groups is 1. The van der Waals surface area contributed by atoms with Crippen LogP contribution in [0.3, 0.4) is 0 Å². The lowest BCUT2D eigenvalue weighted by atomic mass is 9.60. The molecule has 3 rings (SSSR count). The summed E-state index contributed by atoms with van der Waals surface area (Å²) in [4.78, 5) is 12.5. The van der Waals surface area contributed by atoms with Crippen molar-refractivity contribution in [2.75, 3.05) is 19.8 Å². The molecule has 1 amide bonds. The van der Waals surface area contributed by atoms with Gasteiger partial charge in [0.25, 0.3) is 5.91 Å². The van der Waals surface area contributed by atoms with Crippen LogP contribution in [0.5, 0.6) is 5.75 Å². The van der Waals surface area contributed by atoms with Crippen molar-refractivity contribution in [2.45, 2.75) is 38.6 Å². The van der Waals surface area contributed by atoms with Crippen LogP contribution in [0.1, 0.15) is 43.0 Å². The van der Waals surface area contributed by atoms with Gasteiger partial charge in [0, 0.05) is 19.3 Å². The molecule has 0 bridgehead atoms. The Balaban J connectivity index is 1.69. The van der Waals surface area contributed by atoms with Crippen molar-refractivity contribution in [1.29, 1.82) is 0 Å². The Bertz CT molecular complexity index is 509. The van der Waals surface area contributed by atoms with Gasteiger partial charge in [-0.05, 0) is 50.2 Å². The molecule has 0 aromatic heterocycles. The van der Waals surface area contributed by atoms with Crippen LogP contribution in [0.2, 0.25) is 0 Å². The minimum absolute atomic E-state index is 0.0189. The Morgan fingerprint density at radius 2 is 2.10 bits per heavy atom. The maximum absolute atomic E-state index is 12.5. The van der Waals surface area contributed by atoms with E-state index < -0.39 is 0 Å². The Morgan fingerprint density at radius 1 is 1.33 bits per heavy atom. The summed E-state index contributed by atoms with van der Waals surface area (Å²) in [6, 6.07) is 7.73. The fraction of sp³-hybridized carbons (Fsp3) is 0.588. The standard InChI is InChI=1S/C17H23NO3/c1-2-21-14-6-4-3-5-13(14)16(19)18-15-7-8-17(15)9-11-20-12-10-17/h3-6,15H,2,7-12H2,1H3,(H,18,19). The van der Waals surface area contributed by atoms with Crippen molar-refractivity contribution >= 4 is 5.91 Å². The number of carbonyl (C=O) groups excluding carboxylic acids is 1. The fourth-order valence-electron chi connectivity index (χ4n) is 3.47. The average molecular weight is 289 g/mol. The van der Waals surface area contributed by atoms with E-state index in [0.717, 1.165) is 32.5 Å². The zero-order valence-corrected chi connectivity index (χ0v) is 12.6. The Hall–Kier alpha value is -1.55. The van der Waals surface area contributed by atoms with Gasteiger partial charge < -0.3 is 14.8 Å². The number of ether oxygens (including phenoxy) is 2. The number of hydrogen-bond donors (Lipinski definition) is 1. The van der Waals surface area contributed by atoms with E-state index >= 15 is 0 Å². The van der Waals surface area contributed by atoms with Gasteiger partial charge in [0.2, 0.25) is 0 Å². The normalized spacial score (nSPS) is 23.4. The molecule has 114 valence electrons. The Kier molecular flexibility index (Phi) is 4.15. The molecule has 1 spiro atoms. The van der Waals surface area contributed by atoms with Crippen molar-refractivity contribution in [3.8, 4) is 5.75 Å². The summed E-state index contributed by atoms with van der Waals surface area (Å²) in [7, 11) is 0. The molecule has 2 aliphatic rings. The average Bonchev–Trinajstić information content (AvgIpc) is 2.53. The summed E-state index contributed by atoms with van der Waals surface area (Å²) in [6.45, 7) is 4.14. The van der Waals surface area contributed by atoms with Gasteiger partial charge in [-0.1, -0.05) is 12.1 Å². The number of hydrogen-bond acceptors (Lipinski definition) is 3. The van der Waals surface area contributed by atoms with Crippen molar-refractivity contribution < 1.29 is 14.3 Å². The molecule has 21 heavy (non-hydrogen) atoms. The molecule has 2 fully saturated rings. The number of benzene rings is 1. The summed E-state index contributed by atoms with van der Waals surface area (Å²) in [5, 5.41) is 3.22. The monoisotopic (exact) mass is 289 g/mol. The molecular formula is C17H23NO3. The van der Waals surface area contributed by atoms with Crippen molar-refractivity contribution in [3.05, 3.63) is 29.8 Å². The molecule has 1 aliphatic heterocycles.